The van der Waals surface area contributed by atoms with Gasteiger partial charge in [-0.3, -0.25) is 0 Å². The molecule has 0 aliphatic heterocycles. The Labute approximate surface area is 118 Å². The van der Waals surface area contributed by atoms with Crippen LogP contribution in [-0.4, -0.2) is 29.0 Å². The Hall–Kier alpha value is -2.59. The van der Waals surface area contributed by atoms with Gasteiger partial charge in [0.15, 0.2) is 5.82 Å². The van der Waals surface area contributed by atoms with E-state index in [1.165, 1.54) is 30.3 Å². The van der Waals surface area contributed by atoms with Crippen molar-refractivity contribution >= 4 is 21.0 Å². The normalized spacial score (nSPS) is 11.8. The second-order valence-corrected chi connectivity index (χ2v) is 5.87. The number of H-pyrrole nitrogens is 1. The molecule has 21 heavy (non-hydrogen) atoms. The first-order valence-electron chi connectivity index (χ1n) is 5.80. The van der Waals surface area contributed by atoms with E-state index in [2.05, 4.69) is 25.3 Å². The van der Waals surface area contributed by atoms with Crippen LogP contribution in [0.2, 0.25) is 0 Å². The van der Waals surface area contributed by atoms with E-state index < -0.39 is 15.6 Å². The number of tetrazole rings is 1. The fraction of sp³-hybridized carbons (Fsp3) is 0.0909. The number of sulfonamides is 1. The minimum atomic E-state index is -3.73. The number of aromatic nitrogens is 4. The molecule has 10 heteroatoms. The highest BCUT2D eigenvalue weighted by molar-refractivity contribution is 7.89. The van der Waals surface area contributed by atoms with Gasteiger partial charge in [-0.2, -0.15) is 5.21 Å². The van der Waals surface area contributed by atoms with Gasteiger partial charge in [-0.25, -0.2) is 17.9 Å². The van der Waals surface area contributed by atoms with Crippen LogP contribution in [0.25, 0.3) is 11.0 Å². The molecule has 0 aliphatic rings. The van der Waals surface area contributed by atoms with Crippen LogP contribution in [0.5, 0.6) is 0 Å². The van der Waals surface area contributed by atoms with Gasteiger partial charge in [-0.05, 0) is 24.3 Å². The van der Waals surface area contributed by atoms with Crippen molar-refractivity contribution in [2.75, 3.05) is 0 Å². The summed E-state index contributed by atoms with van der Waals surface area (Å²) in [6.07, 6.45) is 0. The van der Waals surface area contributed by atoms with E-state index in [1.807, 2.05) is 0 Å². The molecular formula is C11H9N5O4S. The highest BCUT2D eigenvalue weighted by Crippen LogP contribution is 2.17. The highest BCUT2D eigenvalue weighted by atomic mass is 32.2. The van der Waals surface area contributed by atoms with Crippen molar-refractivity contribution in [1.29, 1.82) is 0 Å². The minimum absolute atomic E-state index is 0.0485. The van der Waals surface area contributed by atoms with Gasteiger partial charge in [-0.1, -0.05) is 5.21 Å². The maximum absolute atomic E-state index is 12.1. The van der Waals surface area contributed by atoms with Crippen LogP contribution in [0.1, 0.15) is 5.82 Å². The molecule has 0 radical (unpaired) electrons. The Bertz CT molecular complexity index is 933. The molecule has 108 valence electrons. The molecule has 0 aliphatic carbocycles. The zero-order valence-corrected chi connectivity index (χ0v) is 11.3. The van der Waals surface area contributed by atoms with Crippen LogP contribution < -0.4 is 10.3 Å². The largest absolute Gasteiger partial charge is 0.423 e. The van der Waals surface area contributed by atoms with E-state index in [9.17, 15) is 13.2 Å². The summed E-state index contributed by atoms with van der Waals surface area (Å²) in [6.45, 7) is -0.0826. The van der Waals surface area contributed by atoms with Crippen molar-refractivity contribution in [2.24, 2.45) is 0 Å². The second-order valence-electron chi connectivity index (χ2n) is 4.11. The average Bonchev–Trinajstić information content (AvgIpc) is 2.98. The van der Waals surface area contributed by atoms with Crippen molar-refractivity contribution in [3.63, 3.8) is 0 Å². The van der Waals surface area contributed by atoms with E-state index >= 15 is 0 Å². The maximum atomic E-state index is 12.1. The summed E-state index contributed by atoms with van der Waals surface area (Å²) in [5.74, 6) is 0.227. The summed E-state index contributed by atoms with van der Waals surface area (Å²) in [5.41, 5.74) is -0.173. The fourth-order valence-electron chi connectivity index (χ4n) is 1.72. The second kappa shape index (κ2) is 5.07. The van der Waals surface area contributed by atoms with Gasteiger partial charge in [0.25, 0.3) is 0 Å². The molecule has 2 N–H and O–H groups in total. The Morgan fingerprint density at radius 2 is 2.10 bits per heavy atom. The third-order valence-electron chi connectivity index (χ3n) is 2.71. The Kier molecular flexibility index (Phi) is 3.23. The number of nitrogens with zero attached hydrogens (tertiary/aromatic N) is 3. The van der Waals surface area contributed by atoms with Crippen LogP contribution in [-0.2, 0) is 16.6 Å². The molecule has 1 aromatic carbocycles. The van der Waals surface area contributed by atoms with Crippen molar-refractivity contribution in [3.8, 4) is 0 Å². The van der Waals surface area contributed by atoms with E-state index in [1.54, 1.807) is 0 Å². The van der Waals surface area contributed by atoms with E-state index in [0.29, 0.717) is 11.0 Å². The molecule has 0 atom stereocenters. The maximum Gasteiger partial charge on any atom is 0.336 e. The SMILES string of the molecule is O=c1ccc2cc(S(=O)(=O)NCc3nn[nH]n3)ccc2o1. The average molecular weight is 307 g/mol. The number of hydrogen-bond acceptors (Lipinski definition) is 7. The summed E-state index contributed by atoms with van der Waals surface area (Å²) < 4.78 is 31.6. The van der Waals surface area contributed by atoms with Gasteiger partial charge in [-0.15, -0.1) is 10.2 Å². The lowest BCUT2D eigenvalue weighted by atomic mass is 10.2. The van der Waals surface area contributed by atoms with Crippen LogP contribution in [0.3, 0.4) is 0 Å². The summed E-state index contributed by atoms with van der Waals surface area (Å²) in [4.78, 5) is 11.1. The molecular weight excluding hydrogens is 298 g/mol. The first kappa shape index (κ1) is 13.4. The van der Waals surface area contributed by atoms with Crippen molar-refractivity contribution in [3.05, 3.63) is 46.6 Å². The lowest BCUT2D eigenvalue weighted by molar-refractivity contribution is 0.560. The summed E-state index contributed by atoms with van der Waals surface area (Å²) in [5, 5.41) is 13.4. The van der Waals surface area contributed by atoms with Crippen LogP contribution >= 0.6 is 0 Å². The summed E-state index contributed by atoms with van der Waals surface area (Å²) >= 11 is 0. The molecule has 0 spiro atoms. The molecule has 2 heterocycles. The molecule has 0 saturated heterocycles. The lowest BCUT2D eigenvalue weighted by Gasteiger charge is -2.05. The Morgan fingerprint density at radius 3 is 2.86 bits per heavy atom. The zero-order chi connectivity index (χ0) is 14.9. The minimum Gasteiger partial charge on any atom is -0.423 e. The molecule has 0 bridgehead atoms. The van der Waals surface area contributed by atoms with Crippen LogP contribution in [0.4, 0.5) is 0 Å². The van der Waals surface area contributed by atoms with Crippen molar-refractivity contribution < 1.29 is 12.8 Å². The summed E-state index contributed by atoms with van der Waals surface area (Å²) in [6, 6.07) is 6.92. The molecule has 0 amide bonds. The van der Waals surface area contributed by atoms with E-state index in [0.717, 1.165) is 0 Å². The van der Waals surface area contributed by atoms with Gasteiger partial charge in [0.1, 0.15) is 5.58 Å². The first-order valence-corrected chi connectivity index (χ1v) is 7.29. The monoisotopic (exact) mass is 307 g/mol. The zero-order valence-electron chi connectivity index (χ0n) is 10.5. The van der Waals surface area contributed by atoms with Gasteiger partial charge in [0.2, 0.25) is 10.0 Å². The number of nitrogens with one attached hydrogen (secondary N) is 2. The van der Waals surface area contributed by atoms with Crippen LogP contribution in [0.15, 0.2) is 44.4 Å². The van der Waals surface area contributed by atoms with E-state index in [-0.39, 0.29) is 17.3 Å². The molecule has 3 aromatic rings. The van der Waals surface area contributed by atoms with Crippen molar-refractivity contribution in [2.45, 2.75) is 11.4 Å². The smallest absolute Gasteiger partial charge is 0.336 e. The lowest BCUT2D eigenvalue weighted by Crippen LogP contribution is -2.23. The standard InChI is InChI=1S/C11H9N5O4S/c17-11-4-1-7-5-8(2-3-9(7)20-11)21(18,19)12-6-10-13-15-16-14-10/h1-5,12H,6H2,(H,13,14,15,16). The number of aromatic amines is 1. The topological polar surface area (TPSA) is 131 Å². The van der Waals surface area contributed by atoms with Gasteiger partial charge in [0.05, 0.1) is 11.4 Å². The Balaban J connectivity index is 1.91. The highest BCUT2D eigenvalue weighted by Gasteiger charge is 2.15. The molecule has 0 unspecified atom stereocenters. The first-order chi connectivity index (χ1) is 10.0. The number of benzene rings is 1. The summed E-state index contributed by atoms with van der Waals surface area (Å²) in [7, 11) is -3.73. The van der Waals surface area contributed by atoms with Gasteiger partial charge in [0, 0.05) is 11.5 Å². The number of fused-ring (bicyclic) bond motifs is 1. The third-order valence-corrected chi connectivity index (χ3v) is 4.11. The van der Waals surface area contributed by atoms with Gasteiger partial charge < -0.3 is 4.42 Å². The molecule has 9 nitrogen and oxygen atoms in total. The fourth-order valence-corrected chi connectivity index (χ4v) is 2.73. The van der Waals surface area contributed by atoms with Gasteiger partial charge >= 0.3 is 5.63 Å². The Morgan fingerprint density at radius 1 is 1.24 bits per heavy atom. The molecule has 2 aromatic heterocycles. The van der Waals surface area contributed by atoms with Crippen molar-refractivity contribution in [1.82, 2.24) is 25.3 Å². The number of hydrogen-bond donors (Lipinski definition) is 2. The predicted octanol–water partition coefficient (Wildman–Crippen LogP) is -0.215. The molecule has 0 fully saturated rings. The number of rotatable bonds is 4. The quantitative estimate of drug-likeness (QED) is 0.637. The molecule has 0 saturated carbocycles. The third kappa shape index (κ3) is 2.80. The van der Waals surface area contributed by atoms with E-state index in [4.69, 9.17) is 4.42 Å². The molecule has 3 rings (SSSR count). The predicted molar refractivity (Wildman–Crippen MR) is 70.7 cm³/mol. The van der Waals surface area contributed by atoms with Crippen LogP contribution in [0, 0.1) is 0 Å².